The lowest BCUT2D eigenvalue weighted by atomic mass is 10.2. The van der Waals surface area contributed by atoms with E-state index in [1.54, 1.807) is 0 Å². The van der Waals surface area contributed by atoms with Crippen LogP contribution >= 0.6 is 0 Å². The summed E-state index contributed by atoms with van der Waals surface area (Å²) in [5, 5.41) is 4.54. The molecule has 1 unspecified atom stereocenters. The Morgan fingerprint density at radius 2 is 2.38 bits per heavy atom. The van der Waals surface area contributed by atoms with Crippen LogP contribution in [0.4, 0.5) is 0 Å². The Morgan fingerprint density at radius 3 is 3.00 bits per heavy atom. The van der Waals surface area contributed by atoms with Gasteiger partial charge >= 0.3 is 0 Å². The number of carbonyl (C=O) groups excluding carboxylic acids is 1. The number of morpholine rings is 1. The van der Waals surface area contributed by atoms with Crippen LogP contribution in [-0.2, 0) is 14.4 Å². The van der Waals surface area contributed by atoms with Crippen LogP contribution < -0.4 is 5.32 Å². The fraction of sp³-hybridized carbons (Fsp3) is 0.875. The molecule has 1 N–H and O–H groups in total. The Bertz CT molecular complexity index is 186. The van der Waals surface area contributed by atoms with Crippen molar-refractivity contribution in [3.63, 3.8) is 0 Å². The molecule has 5 heteroatoms. The molecule has 0 aromatic rings. The average molecular weight is 186 g/mol. The van der Waals surface area contributed by atoms with E-state index in [9.17, 15) is 4.79 Å². The molecule has 2 heterocycles. The zero-order valence-electron chi connectivity index (χ0n) is 7.49. The lowest BCUT2D eigenvalue weighted by Crippen LogP contribution is -2.51. The fourth-order valence-corrected chi connectivity index (χ4v) is 1.52. The maximum atomic E-state index is 11.7. The third-order valence-electron chi connectivity index (χ3n) is 2.22. The smallest absolute Gasteiger partial charge is 0.265 e. The van der Waals surface area contributed by atoms with Crippen molar-refractivity contribution in [3.8, 4) is 0 Å². The molecule has 0 aliphatic carbocycles. The maximum absolute atomic E-state index is 11.7. The van der Waals surface area contributed by atoms with E-state index in [0.29, 0.717) is 26.4 Å². The summed E-state index contributed by atoms with van der Waals surface area (Å²) >= 11 is 0. The van der Waals surface area contributed by atoms with Crippen LogP contribution in [0.1, 0.15) is 6.42 Å². The third-order valence-corrected chi connectivity index (χ3v) is 2.22. The second-order valence-corrected chi connectivity index (χ2v) is 3.21. The predicted molar refractivity (Wildman–Crippen MR) is 44.9 cm³/mol. The summed E-state index contributed by atoms with van der Waals surface area (Å²) < 4.78 is 5.20. The van der Waals surface area contributed by atoms with Gasteiger partial charge < -0.3 is 10.1 Å². The summed E-state index contributed by atoms with van der Waals surface area (Å²) in [5.41, 5.74) is 0. The number of hydrogen-bond acceptors (Lipinski definition) is 4. The second-order valence-electron chi connectivity index (χ2n) is 3.21. The van der Waals surface area contributed by atoms with Gasteiger partial charge in [-0.15, -0.1) is 0 Å². The van der Waals surface area contributed by atoms with Gasteiger partial charge in [0.2, 0.25) is 0 Å². The highest BCUT2D eigenvalue weighted by Crippen LogP contribution is 2.07. The molecule has 2 saturated heterocycles. The number of nitrogens with one attached hydrogen (secondary N) is 1. The molecule has 0 spiro atoms. The van der Waals surface area contributed by atoms with Gasteiger partial charge in [0.1, 0.15) is 6.04 Å². The molecule has 2 aliphatic rings. The van der Waals surface area contributed by atoms with Crippen LogP contribution in [0.5, 0.6) is 0 Å². The quantitative estimate of drug-likeness (QED) is 0.579. The van der Waals surface area contributed by atoms with E-state index in [-0.39, 0.29) is 11.9 Å². The van der Waals surface area contributed by atoms with Gasteiger partial charge in [-0.05, 0) is 6.42 Å². The summed E-state index contributed by atoms with van der Waals surface area (Å²) in [4.78, 5) is 16.8. The van der Waals surface area contributed by atoms with Crippen molar-refractivity contribution >= 4 is 5.91 Å². The number of rotatable bonds is 1. The van der Waals surface area contributed by atoms with Crippen LogP contribution in [0, 0.1) is 0 Å². The van der Waals surface area contributed by atoms with Crippen LogP contribution in [0.15, 0.2) is 0 Å². The first-order chi connectivity index (χ1) is 6.38. The first-order valence-corrected chi connectivity index (χ1v) is 4.63. The van der Waals surface area contributed by atoms with Crippen LogP contribution in [-0.4, -0.2) is 49.9 Å². The molecule has 2 aliphatic heterocycles. The Balaban J connectivity index is 1.87. The van der Waals surface area contributed by atoms with Gasteiger partial charge in [-0.3, -0.25) is 9.63 Å². The third kappa shape index (κ3) is 1.99. The highest BCUT2D eigenvalue weighted by atomic mass is 16.7. The van der Waals surface area contributed by atoms with Gasteiger partial charge in [0.05, 0.1) is 26.4 Å². The molecule has 1 amide bonds. The number of hydroxylamine groups is 2. The minimum Gasteiger partial charge on any atom is -0.378 e. The van der Waals surface area contributed by atoms with Crippen molar-refractivity contribution in [3.05, 3.63) is 0 Å². The van der Waals surface area contributed by atoms with Gasteiger partial charge in [0.15, 0.2) is 0 Å². The molecule has 2 rings (SSSR count). The normalized spacial score (nSPS) is 29.2. The van der Waals surface area contributed by atoms with Crippen molar-refractivity contribution < 1.29 is 14.4 Å². The first kappa shape index (κ1) is 8.93. The van der Waals surface area contributed by atoms with Gasteiger partial charge in [0, 0.05) is 6.54 Å². The number of nitrogens with zero attached hydrogens (tertiary/aromatic N) is 1. The van der Waals surface area contributed by atoms with E-state index in [0.717, 1.165) is 13.0 Å². The summed E-state index contributed by atoms with van der Waals surface area (Å²) in [5.74, 6) is -0.00259. The summed E-state index contributed by atoms with van der Waals surface area (Å²) in [6.45, 7) is 3.24. The van der Waals surface area contributed by atoms with Crippen molar-refractivity contribution in [1.29, 1.82) is 0 Å². The molecule has 1 atom stereocenters. The first-order valence-electron chi connectivity index (χ1n) is 4.63. The fourth-order valence-electron chi connectivity index (χ4n) is 1.52. The monoisotopic (exact) mass is 186 g/mol. The molecule has 13 heavy (non-hydrogen) atoms. The average Bonchev–Trinajstić information content (AvgIpc) is 2.71. The van der Waals surface area contributed by atoms with Crippen LogP contribution in [0.25, 0.3) is 0 Å². The zero-order valence-corrected chi connectivity index (χ0v) is 7.49. The lowest BCUT2D eigenvalue weighted by molar-refractivity contribution is -0.173. The SMILES string of the molecule is O=C(C1COCCN1)N1CCCO1. The van der Waals surface area contributed by atoms with Crippen molar-refractivity contribution in [2.75, 3.05) is 32.9 Å². The molecule has 74 valence electrons. The number of carbonyl (C=O) groups is 1. The van der Waals surface area contributed by atoms with E-state index >= 15 is 0 Å². The molecule has 0 aromatic carbocycles. The molecule has 0 radical (unpaired) electrons. The summed E-state index contributed by atoms with van der Waals surface area (Å²) in [6.07, 6.45) is 0.930. The molecular weight excluding hydrogens is 172 g/mol. The molecule has 0 saturated carbocycles. The number of amides is 1. The minimum absolute atomic E-state index is 0.00259. The Kier molecular flexibility index (Phi) is 2.77. The van der Waals surface area contributed by atoms with E-state index in [1.165, 1.54) is 5.06 Å². The van der Waals surface area contributed by atoms with E-state index < -0.39 is 0 Å². The molecule has 2 fully saturated rings. The topological polar surface area (TPSA) is 50.8 Å². The highest BCUT2D eigenvalue weighted by Gasteiger charge is 2.28. The molecule has 0 bridgehead atoms. The Hall–Kier alpha value is -0.650. The Labute approximate surface area is 76.9 Å². The summed E-state index contributed by atoms with van der Waals surface area (Å²) in [6, 6.07) is -0.216. The van der Waals surface area contributed by atoms with Gasteiger partial charge in [-0.2, -0.15) is 0 Å². The number of ether oxygens (including phenoxy) is 1. The minimum atomic E-state index is -0.216. The van der Waals surface area contributed by atoms with Gasteiger partial charge in [0.25, 0.3) is 5.91 Å². The standard InChI is InChI=1S/C8H14N2O3/c11-8(10-3-1-4-13-10)7-6-12-5-2-9-7/h7,9H,1-6H2. The largest absolute Gasteiger partial charge is 0.378 e. The number of hydrogen-bond donors (Lipinski definition) is 1. The Morgan fingerprint density at radius 1 is 1.46 bits per heavy atom. The maximum Gasteiger partial charge on any atom is 0.265 e. The van der Waals surface area contributed by atoms with Gasteiger partial charge in [-0.1, -0.05) is 0 Å². The highest BCUT2D eigenvalue weighted by molar-refractivity contribution is 5.81. The molecule has 0 aromatic heterocycles. The molecular formula is C8H14N2O3. The van der Waals surface area contributed by atoms with Crippen LogP contribution in [0.3, 0.4) is 0 Å². The molecule has 5 nitrogen and oxygen atoms in total. The van der Waals surface area contributed by atoms with E-state index in [1.807, 2.05) is 0 Å². The van der Waals surface area contributed by atoms with Crippen molar-refractivity contribution in [2.24, 2.45) is 0 Å². The predicted octanol–water partition coefficient (Wildman–Crippen LogP) is -0.861. The van der Waals surface area contributed by atoms with Crippen LogP contribution in [0.2, 0.25) is 0 Å². The van der Waals surface area contributed by atoms with E-state index in [2.05, 4.69) is 5.32 Å². The summed E-state index contributed by atoms with van der Waals surface area (Å²) in [7, 11) is 0. The van der Waals surface area contributed by atoms with E-state index in [4.69, 9.17) is 9.57 Å². The lowest BCUT2D eigenvalue weighted by Gasteiger charge is -2.26. The van der Waals surface area contributed by atoms with Crippen molar-refractivity contribution in [2.45, 2.75) is 12.5 Å². The van der Waals surface area contributed by atoms with Gasteiger partial charge in [-0.25, -0.2) is 5.06 Å². The zero-order chi connectivity index (χ0) is 9.10. The second kappa shape index (κ2) is 4.04. The van der Waals surface area contributed by atoms with Crippen molar-refractivity contribution in [1.82, 2.24) is 10.4 Å².